The van der Waals surface area contributed by atoms with Crippen molar-refractivity contribution >= 4 is 11.6 Å². The Labute approximate surface area is 132 Å². The molecule has 112 valence electrons. The molecule has 2 rings (SSSR count). The van der Waals surface area contributed by atoms with Crippen molar-refractivity contribution in [2.45, 2.75) is 26.0 Å². The van der Waals surface area contributed by atoms with Gasteiger partial charge in [-0.15, -0.1) is 0 Å². The summed E-state index contributed by atoms with van der Waals surface area (Å²) < 4.78 is 0. The minimum atomic E-state index is -0.409. The zero-order valence-electron chi connectivity index (χ0n) is 12.6. The molecule has 0 aliphatic rings. The Kier molecular flexibility index (Phi) is 5.80. The second-order valence-corrected chi connectivity index (χ2v) is 5.97. The number of halogens is 1. The normalized spacial score (nSPS) is 12.6. The predicted octanol–water partition coefficient (Wildman–Crippen LogP) is 4.20. The van der Waals surface area contributed by atoms with Crippen LogP contribution in [0, 0.1) is 6.92 Å². The Morgan fingerprint density at radius 1 is 1.14 bits per heavy atom. The third-order valence-corrected chi connectivity index (χ3v) is 3.91. The van der Waals surface area contributed by atoms with Gasteiger partial charge in [-0.25, -0.2) is 0 Å². The van der Waals surface area contributed by atoms with Crippen LogP contribution in [0.4, 0.5) is 0 Å². The Morgan fingerprint density at radius 3 is 2.62 bits per heavy atom. The summed E-state index contributed by atoms with van der Waals surface area (Å²) in [6.07, 6.45) is 0.315. The molecule has 0 bridgehead atoms. The fourth-order valence-corrected chi connectivity index (χ4v) is 2.70. The predicted molar refractivity (Wildman–Crippen MR) is 88.5 cm³/mol. The SMILES string of the molecule is Cc1ccccc1C(O)CCN(C)Cc1cccc(Cl)c1. The largest absolute Gasteiger partial charge is 0.388 e. The summed E-state index contributed by atoms with van der Waals surface area (Å²) in [5.41, 5.74) is 3.35. The van der Waals surface area contributed by atoms with E-state index in [0.29, 0.717) is 0 Å². The second-order valence-electron chi connectivity index (χ2n) is 5.53. The number of hydrogen-bond donors (Lipinski definition) is 1. The number of aryl methyl sites for hydroxylation is 1. The van der Waals surface area contributed by atoms with E-state index in [1.54, 1.807) is 0 Å². The summed E-state index contributed by atoms with van der Waals surface area (Å²) in [5.74, 6) is 0. The van der Waals surface area contributed by atoms with E-state index < -0.39 is 6.10 Å². The lowest BCUT2D eigenvalue weighted by atomic mass is 10.0. The molecular weight excluding hydrogens is 282 g/mol. The first-order valence-corrected chi connectivity index (χ1v) is 7.60. The highest BCUT2D eigenvalue weighted by molar-refractivity contribution is 6.30. The Balaban J connectivity index is 1.86. The van der Waals surface area contributed by atoms with Crippen molar-refractivity contribution in [3.05, 3.63) is 70.2 Å². The molecule has 2 aromatic carbocycles. The van der Waals surface area contributed by atoms with Crippen LogP contribution in [0.15, 0.2) is 48.5 Å². The van der Waals surface area contributed by atoms with Crippen molar-refractivity contribution < 1.29 is 5.11 Å². The van der Waals surface area contributed by atoms with E-state index in [1.807, 2.05) is 49.4 Å². The molecule has 2 aromatic rings. The number of nitrogens with zero attached hydrogens (tertiary/aromatic N) is 1. The summed E-state index contributed by atoms with van der Waals surface area (Å²) in [6, 6.07) is 15.9. The third kappa shape index (κ3) is 4.85. The fourth-order valence-electron chi connectivity index (χ4n) is 2.48. The highest BCUT2D eigenvalue weighted by Gasteiger charge is 2.11. The lowest BCUT2D eigenvalue weighted by Gasteiger charge is -2.20. The second kappa shape index (κ2) is 7.60. The lowest BCUT2D eigenvalue weighted by Crippen LogP contribution is -2.21. The van der Waals surface area contributed by atoms with Gasteiger partial charge in [-0.2, -0.15) is 0 Å². The number of hydrogen-bond acceptors (Lipinski definition) is 2. The summed E-state index contributed by atoms with van der Waals surface area (Å²) in [5, 5.41) is 11.1. The van der Waals surface area contributed by atoms with Crippen molar-refractivity contribution in [2.24, 2.45) is 0 Å². The molecule has 0 spiro atoms. The Hall–Kier alpha value is -1.35. The molecule has 0 saturated heterocycles. The first-order chi connectivity index (χ1) is 10.1. The third-order valence-electron chi connectivity index (χ3n) is 3.67. The van der Waals surface area contributed by atoms with Gasteiger partial charge in [0.15, 0.2) is 0 Å². The monoisotopic (exact) mass is 303 g/mol. The van der Waals surface area contributed by atoms with E-state index in [0.717, 1.165) is 35.7 Å². The van der Waals surface area contributed by atoms with Gasteiger partial charge in [0.05, 0.1) is 6.10 Å². The molecule has 1 atom stereocenters. The number of aliphatic hydroxyl groups is 1. The van der Waals surface area contributed by atoms with Crippen LogP contribution in [-0.2, 0) is 6.54 Å². The topological polar surface area (TPSA) is 23.5 Å². The van der Waals surface area contributed by atoms with Gasteiger partial charge in [0, 0.05) is 18.1 Å². The van der Waals surface area contributed by atoms with Crippen molar-refractivity contribution in [3.63, 3.8) is 0 Å². The van der Waals surface area contributed by atoms with Crippen LogP contribution in [0.3, 0.4) is 0 Å². The maximum Gasteiger partial charge on any atom is 0.0804 e. The number of benzene rings is 2. The van der Waals surface area contributed by atoms with Crippen LogP contribution >= 0.6 is 11.6 Å². The van der Waals surface area contributed by atoms with E-state index in [2.05, 4.69) is 18.0 Å². The molecule has 0 aromatic heterocycles. The van der Waals surface area contributed by atoms with Crippen LogP contribution < -0.4 is 0 Å². The maximum absolute atomic E-state index is 10.3. The molecule has 0 saturated carbocycles. The first kappa shape index (κ1) is 16.0. The van der Waals surface area contributed by atoms with Gasteiger partial charge < -0.3 is 10.0 Å². The molecule has 0 heterocycles. The van der Waals surface area contributed by atoms with E-state index in [9.17, 15) is 5.11 Å². The summed E-state index contributed by atoms with van der Waals surface area (Å²) >= 11 is 5.99. The number of rotatable bonds is 6. The van der Waals surface area contributed by atoms with Crippen LogP contribution in [0.2, 0.25) is 5.02 Å². The van der Waals surface area contributed by atoms with Crippen molar-refractivity contribution in [1.29, 1.82) is 0 Å². The zero-order valence-corrected chi connectivity index (χ0v) is 13.3. The molecule has 21 heavy (non-hydrogen) atoms. The van der Waals surface area contributed by atoms with Crippen LogP contribution in [0.5, 0.6) is 0 Å². The van der Waals surface area contributed by atoms with Gasteiger partial charge >= 0.3 is 0 Å². The van der Waals surface area contributed by atoms with Gasteiger partial charge in [0.25, 0.3) is 0 Å². The fraction of sp³-hybridized carbons (Fsp3) is 0.333. The van der Waals surface area contributed by atoms with Crippen molar-refractivity contribution in [1.82, 2.24) is 4.90 Å². The van der Waals surface area contributed by atoms with E-state index in [4.69, 9.17) is 11.6 Å². The lowest BCUT2D eigenvalue weighted by molar-refractivity contribution is 0.147. The standard InChI is InChI=1S/C18H22ClNO/c1-14-6-3-4-9-17(14)18(21)10-11-20(2)13-15-7-5-8-16(19)12-15/h3-9,12,18,21H,10-11,13H2,1-2H3. The molecule has 0 radical (unpaired) electrons. The van der Waals surface area contributed by atoms with Gasteiger partial charge in [0.2, 0.25) is 0 Å². The highest BCUT2D eigenvalue weighted by Crippen LogP contribution is 2.20. The average molecular weight is 304 g/mol. The van der Waals surface area contributed by atoms with Crippen LogP contribution in [0.1, 0.15) is 29.2 Å². The molecule has 1 unspecified atom stereocenters. The van der Waals surface area contributed by atoms with Gasteiger partial charge in [-0.05, 0) is 49.2 Å². The Bertz CT molecular complexity index is 585. The quantitative estimate of drug-likeness (QED) is 0.864. The van der Waals surface area contributed by atoms with Crippen LogP contribution in [0.25, 0.3) is 0 Å². The molecule has 0 amide bonds. The minimum Gasteiger partial charge on any atom is -0.388 e. The molecule has 0 fully saturated rings. The Morgan fingerprint density at radius 2 is 1.90 bits per heavy atom. The summed E-state index contributed by atoms with van der Waals surface area (Å²) in [4.78, 5) is 2.20. The summed E-state index contributed by atoms with van der Waals surface area (Å²) in [7, 11) is 2.06. The molecule has 2 nitrogen and oxygen atoms in total. The van der Waals surface area contributed by atoms with Gasteiger partial charge in [0.1, 0.15) is 0 Å². The molecule has 3 heteroatoms. The van der Waals surface area contributed by atoms with E-state index in [1.165, 1.54) is 5.56 Å². The zero-order chi connectivity index (χ0) is 15.2. The molecular formula is C18H22ClNO. The molecule has 0 aliphatic carbocycles. The average Bonchev–Trinajstić information content (AvgIpc) is 2.45. The van der Waals surface area contributed by atoms with Crippen molar-refractivity contribution in [2.75, 3.05) is 13.6 Å². The van der Waals surface area contributed by atoms with Crippen molar-refractivity contribution in [3.8, 4) is 0 Å². The van der Waals surface area contributed by atoms with E-state index in [-0.39, 0.29) is 0 Å². The van der Waals surface area contributed by atoms with Gasteiger partial charge in [-0.3, -0.25) is 0 Å². The first-order valence-electron chi connectivity index (χ1n) is 7.23. The van der Waals surface area contributed by atoms with E-state index >= 15 is 0 Å². The molecule has 1 N–H and O–H groups in total. The smallest absolute Gasteiger partial charge is 0.0804 e. The van der Waals surface area contributed by atoms with Gasteiger partial charge in [-0.1, -0.05) is 48.0 Å². The minimum absolute atomic E-state index is 0.409. The highest BCUT2D eigenvalue weighted by atomic mass is 35.5. The maximum atomic E-state index is 10.3. The molecule has 0 aliphatic heterocycles. The summed E-state index contributed by atoms with van der Waals surface area (Å²) in [6.45, 7) is 3.71. The number of aliphatic hydroxyl groups excluding tert-OH is 1. The van der Waals surface area contributed by atoms with Crippen LogP contribution in [-0.4, -0.2) is 23.6 Å².